The number of hydrogen-bond donors (Lipinski definition) is 4. The number of aliphatic hydroxyl groups is 4. The molecule has 0 saturated carbocycles. The normalized spacial score (nSPS) is 14.8. The van der Waals surface area contributed by atoms with E-state index < -0.39 is 30.4 Å². The highest BCUT2D eigenvalue weighted by molar-refractivity contribution is 5.69. The largest absolute Gasteiger partial charge is 0.463 e. The predicted molar refractivity (Wildman–Crippen MR) is 205 cm³/mol. The van der Waals surface area contributed by atoms with E-state index >= 15 is 0 Å². The highest BCUT2D eigenvalue weighted by Crippen LogP contribution is 2.14. The Kier molecular flexibility index (Phi) is 34.4. The number of esters is 2. The summed E-state index contributed by atoms with van der Waals surface area (Å²) in [5.41, 5.74) is 0. The molecule has 0 bridgehead atoms. The van der Waals surface area contributed by atoms with Crippen LogP contribution in [0.3, 0.4) is 0 Å². The zero-order valence-electron chi connectivity index (χ0n) is 31.5. The van der Waals surface area contributed by atoms with Crippen LogP contribution in [0.2, 0.25) is 0 Å². The predicted octanol–water partition coefficient (Wildman–Crippen LogP) is 8.92. The summed E-state index contributed by atoms with van der Waals surface area (Å²) in [6.45, 7) is 3.81. The molecule has 0 fully saturated rings. The Labute approximate surface area is 304 Å². The van der Waals surface area contributed by atoms with Crippen LogP contribution in [0.4, 0.5) is 0 Å². The molecule has 0 spiro atoms. The number of unbranched alkanes of at least 4 members (excludes halogenated alkanes) is 15. The molecule has 0 rings (SSSR count). The molecule has 0 radical (unpaired) electrons. The van der Waals surface area contributed by atoms with Crippen LogP contribution in [0, 0.1) is 0 Å². The zero-order chi connectivity index (χ0) is 36.9. The number of carbonyl (C=O) groups is 2. The standard InChI is InChI=1S/C42H72O8/c1-3-5-7-8-9-10-11-12-13-14-15-16-17-18-23-27-33-41(47)49-35-38(44)36-50-42(48)34-28-32-40(46)39(45)31-26-22-20-19-21-25-30-37(43)29-24-6-4-2/h6,19-22,24-26,30-31,37-40,43-46H,3-5,7-18,23,27-29,32-36H2,1-2H3/b21-19+,22-20-,24-6-,30-25+,31-26-/t37-,38-,39+,40+/m1/s1. The van der Waals surface area contributed by atoms with Crippen molar-refractivity contribution in [3.8, 4) is 0 Å². The first-order valence-electron chi connectivity index (χ1n) is 19.7. The van der Waals surface area contributed by atoms with Gasteiger partial charge in [-0.25, -0.2) is 0 Å². The molecule has 4 N–H and O–H groups in total. The van der Waals surface area contributed by atoms with Gasteiger partial charge in [-0.15, -0.1) is 0 Å². The summed E-state index contributed by atoms with van der Waals surface area (Å²) >= 11 is 0. The van der Waals surface area contributed by atoms with Crippen molar-refractivity contribution in [2.45, 2.75) is 180 Å². The maximum atomic E-state index is 12.0. The van der Waals surface area contributed by atoms with Crippen LogP contribution in [0.5, 0.6) is 0 Å². The molecule has 0 unspecified atom stereocenters. The van der Waals surface area contributed by atoms with E-state index in [0.717, 1.165) is 25.7 Å². The van der Waals surface area contributed by atoms with Crippen LogP contribution in [0.15, 0.2) is 60.8 Å². The van der Waals surface area contributed by atoms with E-state index in [1.54, 1.807) is 42.5 Å². The number of rotatable bonds is 34. The average molecular weight is 705 g/mol. The van der Waals surface area contributed by atoms with Crippen molar-refractivity contribution in [1.29, 1.82) is 0 Å². The van der Waals surface area contributed by atoms with E-state index in [1.807, 2.05) is 19.1 Å². The van der Waals surface area contributed by atoms with Crippen molar-refractivity contribution in [2.24, 2.45) is 0 Å². The molecule has 0 aromatic carbocycles. The van der Waals surface area contributed by atoms with Crippen molar-refractivity contribution >= 4 is 11.9 Å². The van der Waals surface area contributed by atoms with E-state index in [9.17, 15) is 30.0 Å². The van der Waals surface area contributed by atoms with Gasteiger partial charge in [-0.05, 0) is 32.1 Å². The summed E-state index contributed by atoms with van der Waals surface area (Å²) in [7, 11) is 0. The maximum Gasteiger partial charge on any atom is 0.305 e. The van der Waals surface area contributed by atoms with Crippen LogP contribution in [-0.4, -0.2) is 70.0 Å². The van der Waals surface area contributed by atoms with Gasteiger partial charge in [-0.3, -0.25) is 9.59 Å². The number of aliphatic hydroxyl groups excluding tert-OH is 4. The molecule has 0 aromatic heterocycles. The van der Waals surface area contributed by atoms with Crippen LogP contribution >= 0.6 is 0 Å². The number of carbonyl (C=O) groups excluding carboxylic acids is 2. The molecular formula is C42H72O8. The first-order valence-corrected chi connectivity index (χ1v) is 19.7. The van der Waals surface area contributed by atoms with Gasteiger partial charge in [0.25, 0.3) is 0 Å². The van der Waals surface area contributed by atoms with Crippen molar-refractivity contribution in [2.75, 3.05) is 13.2 Å². The molecule has 0 amide bonds. The van der Waals surface area contributed by atoms with Crippen molar-refractivity contribution in [3.05, 3.63) is 60.8 Å². The second-order valence-corrected chi connectivity index (χ2v) is 13.2. The summed E-state index contributed by atoms with van der Waals surface area (Å²) in [6.07, 6.45) is 36.6. The fraction of sp³-hybridized carbons (Fsp3) is 0.714. The third-order valence-corrected chi connectivity index (χ3v) is 8.36. The molecule has 8 heteroatoms. The lowest BCUT2D eigenvalue weighted by Crippen LogP contribution is -2.26. The smallest absolute Gasteiger partial charge is 0.305 e. The number of ether oxygens (including phenoxy) is 2. The molecule has 0 aliphatic rings. The Morgan fingerprint density at radius 1 is 0.540 bits per heavy atom. The van der Waals surface area contributed by atoms with Crippen LogP contribution in [0.1, 0.15) is 155 Å². The summed E-state index contributed by atoms with van der Waals surface area (Å²) in [6, 6.07) is 0. The summed E-state index contributed by atoms with van der Waals surface area (Å²) in [5.74, 6) is -0.886. The highest BCUT2D eigenvalue weighted by atomic mass is 16.6. The van der Waals surface area contributed by atoms with E-state index in [4.69, 9.17) is 9.47 Å². The van der Waals surface area contributed by atoms with Gasteiger partial charge in [0.15, 0.2) is 0 Å². The molecule has 0 aliphatic heterocycles. The van der Waals surface area contributed by atoms with Crippen molar-refractivity contribution in [3.63, 3.8) is 0 Å². The minimum Gasteiger partial charge on any atom is -0.463 e. The second kappa shape index (κ2) is 36.3. The molecular weight excluding hydrogens is 632 g/mol. The minimum atomic E-state index is -1.09. The molecule has 8 nitrogen and oxygen atoms in total. The highest BCUT2D eigenvalue weighted by Gasteiger charge is 2.15. The molecule has 4 atom stereocenters. The third-order valence-electron chi connectivity index (χ3n) is 8.36. The van der Waals surface area contributed by atoms with Gasteiger partial charge in [0, 0.05) is 12.8 Å². The van der Waals surface area contributed by atoms with Gasteiger partial charge in [-0.2, -0.15) is 0 Å². The zero-order valence-corrected chi connectivity index (χ0v) is 31.5. The first-order chi connectivity index (χ1) is 24.3. The SMILES string of the molecule is CC/C=C\C[C@@H](O)/C=C/C=C/C=C\C=C/[C@H](O)[C@@H](O)CCCC(=O)OC[C@H](O)COC(=O)CCCCCCCCCCCCCCCCCC. The Hall–Kier alpha value is -2.52. The third kappa shape index (κ3) is 34.0. The average Bonchev–Trinajstić information content (AvgIpc) is 3.10. The Morgan fingerprint density at radius 2 is 0.980 bits per heavy atom. The topological polar surface area (TPSA) is 134 Å². The Balaban J connectivity index is 3.77. The fourth-order valence-electron chi connectivity index (χ4n) is 5.25. The van der Waals surface area contributed by atoms with Gasteiger partial charge < -0.3 is 29.9 Å². The maximum absolute atomic E-state index is 12.0. The Bertz CT molecular complexity index is 938. The van der Waals surface area contributed by atoms with E-state index in [2.05, 4.69) is 6.92 Å². The minimum absolute atomic E-state index is 0.0288. The van der Waals surface area contributed by atoms with Gasteiger partial charge in [-0.1, -0.05) is 171 Å². The van der Waals surface area contributed by atoms with Crippen LogP contribution in [0.25, 0.3) is 0 Å². The van der Waals surface area contributed by atoms with Gasteiger partial charge >= 0.3 is 11.9 Å². The second-order valence-electron chi connectivity index (χ2n) is 13.2. The van der Waals surface area contributed by atoms with E-state index in [1.165, 1.54) is 89.5 Å². The van der Waals surface area contributed by atoms with Gasteiger partial charge in [0.2, 0.25) is 0 Å². The molecule has 0 aromatic rings. The fourth-order valence-corrected chi connectivity index (χ4v) is 5.25. The van der Waals surface area contributed by atoms with E-state index in [-0.39, 0.29) is 32.0 Å². The van der Waals surface area contributed by atoms with Crippen molar-refractivity contribution < 1.29 is 39.5 Å². The Morgan fingerprint density at radius 3 is 1.48 bits per heavy atom. The van der Waals surface area contributed by atoms with E-state index in [0.29, 0.717) is 19.3 Å². The summed E-state index contributed by atoms with van der Waals surface area (Å²) in [5, 5.41) is 40.0. The quantitative estimate of drug-likeness (QED) is 0.0226. The lowest BCUT2D eigenvalue weighted by atomic mass is 10.0. The lowest BCUT2D eigenvalue weighted by molar-refractivity contribution is -0.152. The first kappa shape index (κ1) is 47.5. The molecule has 0 saturated heterocycles. The lowest BCUT2D eigenvalue weighted by Gasteiger charge is -2.14. The molecule has 288 valence electrons. The molecule has 0 aliphatic carbocycles. The summed E-state index contributed by atoms with van der Waals surface area (Å²) < 4.78 is 10.2. The number of hydrogen-bond acceptors (Lipinski definition) is 8. The summed E-state index contributed by atoms with van der Waals surface area (Å²) in [4.78, 5) is 24.0. The monoisotopic (exact) mass is 705 g/mol. The van der Waals surface area contributed by atoms with Gasteiger partial charge in [0.05, 0.1) is 18.3 Å². The van der Waals surface area contributed by atoms with Crippen molar-refractivity contribution in [1.82, 2.24) is 0 Å². The number of allylic oxidation sites excluding steroid dienone is 7. The van der Waals surface area contributed by atoms with Gasteiger partial charge in [0.1, 0.15) is 19.3 Å². The van der Waals surface area contributed by atoms with Crippen LogP contribution < -0.4 is 0 Å². The molecule has 0 heterocycles. The van der Waals surface area contributed by atoms with Crippen LogP contribution in [-0.2, 0) is 19.1 Å². The molecule has 50 heavy (non-hydrogen) atoms.